The van der Waals surface area contributed by atoms with Gasteiger partial charge >= 0.3 is 5.69 Å². The first kappa shape index (κ1) is 7.60. The summed E-state index contributed by atoms with van der Waals surface area (Å²) >= 11 is 0. The van der Waals surface area contributed by atoms with Gasteiger partial charge in [-0.1, -0.05) is 12.1 Å². The third-order valence-corrected chi connectivity index (χ3v) is 1.57. The highest BCUT2D eigenvalue weighted by atomic mass is 16.5. The van der Waals surface area contributed by atoms with Gasteiger partial charge in [0.2, 0.25) is 0 Å². The smallest absolute Gasteiger partial charge is 0.377 e. The lowest BCUT2D eigenvalue weighted by Gasteiger charge is -1.96. The molecule has 13 heavy (non-hydrogen) atoms. The molecule has 5 nitrogen and oxygen atoms in total. The van der Waals surface area contributed by atoms with Crippen LogP contribution in [0, 0.1) is 0 Å². The Labute approximate surface area is 72.6 Å². The Morgan fingerprint density at radius 1 is 1.38 bits per heavy atom. The second kappa shape index (κ2) is 2.78. The molecule has 5 heteroatoms. The van der Waals surface area contributed by atoms with Gasteiger partial charge in [0.05, 0.1) is 5.56 Å². The molecule has 1 aromatic carbocycles. The van der Waals surface area contributed by atoms with Crippen LogP contribution in [0.3, 0.4) is 0 Å². The lowest BCUT2D eigenvalue weighted by Crippen LogP contribution is -1.99. The van der Waals surface area contributed by atoms with Crippen LogP contribution < -0.4 is 5.69 Å². The monoisotopic (exact) mass is 178 g/mol. The summed E-state index contributed by atoms with van der Waals surface area (Å²) in [5.74, 6) is 0.112. The predicted molar refractivity (Wildman–Crippen MR) is 44.2 cm³/mol. The molecular formula is C8H6N2O3. The number of aromatic nitrogens is 2. The SMILES string of the molecule is O=c1nc(-c2ccccc2O)o[nH]1. The van der Waals surface area contributed by atoms with E-state index in [4.69, 9.17) is 4.52 Å². The summed E-state index contributed by atoms with van der Waals surface area (Å²) in [6, 6.07) is 6.48. The Kier molecular flexibility index (Phi) is 1.63. The fraction of sp³-hybridized carbons (Fsp3) is 0. The lowest BCUT2D eigenvalue weighted by molar-refractivity contribution is 0.419. The average Bonchev–Trinajstić information content (AvgIpc) is 2.53. The van der Waals surface area contributed by atoms with Crippen molar-refractivity contribution in [3.05, 3.63) is 34.7 Å². The Morgan fingerprint density at radius 2 is 2.15 bits per heavy atom. The minimum atomic E-state index is -0.571. The number of para-hydroxylation sites is 1. The minimum Gasteiger partial charge on any atom is -0.507 e. The topological polar surface area (TPSA) is 79.1 Å². The van der Waals surface area contributed by atoms with Crippen molar-refractivity contribution in [2.24, 2.45) is 0 Å². The van der Waals surface area contributed by atoms with Crippen molar-refractivity contribution in [3.63, 3.8) is 0 Å². The van der Waals surface area contributed by atoms with Gasteiger partial charge in [0.25, 0.3) is 5.89 Å². The van der Waals surface area contributed by atoms with E-state index >= 15 is 0 Å². The Hall–Kier alpha value is -2.04. The number of nitrogens with one attached hydrogen (secondary N) is 1. The van der Waals surface area contributed by atoms with Gasteiger partial charge in [0.15, 0.2) is 0 Å². The number of hydrogen-bond donors (Lipinski definition) is 2. The number of rotatable bonds is 1. The first-order chi connectivity index (χ1) is 6.27. The van der Waals surface area contributed by atoms with Crippen LogP contribution in [0.25, 0.3) is 11.5 Å². The van der Waals surface area contributed by atoms with Crippen LogP contribution in [0.1, 0.15) is 0 Å². The molecule has 0 fully saturated rings. The van der Waals surface area contributed by atoms with Crippen LogP contribution >= 0.6 is 0 Å². The molecule has 1 aromatic heterocycles. The molecular weight excluding hydrogens is 172 g/mol. The number of phenols is 1. The third-order valence-electron chi connectivity index (χ3n) is 1.57. The largest absolute Gasteiger partial charge is 0.507 e. The molecule has 0 amide bonds. The van der Waals surface area contributed by atoms with Crippen LogP contribution in [-0.2, 0) is 0 Å². The van der Waals surface area contributed by atoms with E-state index in [9.17, 15) is 9.90 Å². The summed E-state index contributed by atoms with van der Waals surface area (Å²) in [5, 5.41) is 11.4. The highest BCUT2D eigenvalue weighted by Gasteiger charge is 2.08. The van der Waals surface area contributed by atoms with Gasteiger partial charge in [-0.15, -0.1) is 0 Å². The molecule has 2 aromatic rings. The van der Waals surface area contributed by atoms with Crippen molar-refractivity contribution in [2.75, 3.05) is 0 Å². The zero-order valence-corrected chi connectivity index (χ0v) is 6.52. The van der Waals surface area contributed by atoms with Crippen molar-refractivity contribution < 1.29 is 9.63 Å². The normalized spacial score (nSPS) is 10.2. The van der Waals surface area contributed by atoms with E-state index in [1.165, 1.54) is 6.07 Å². The summed E-state index contributed by atoms with van der Waals surface area (Å²) < 4.78 is 4.72. The van der Waals surface area contributed by atoms with E-state index in [1.54, 1.807) is 18.2 Å². The van der Waals surface area contributed by atoms with E-state index < -0.39 is 5.69 Å². The zero-order chi connectivity index (χ0) is 9.26. The molecule has 2 rings (SSSR count). The fourth-order valence-electron chi connectivity index (χ4n) is 1.000. The van der Waals surface area contributed by atoms with Gasteiger partial charge in [0.1, 0.15) is 5.75 Å². The molecule has 1 heterocycles. The summed E-state index contributed by atoms with van der Waals surface area (Å²) in [4.78, 5) is 14.1. The van der Waals surface area contributed by atoms with Gasteiger partial charge in [-0.2, -0.15) is 10.1 Å². The lowest BCUT2D eigenvalue weighted by atomic mass is 10.2. The summed E-state index contributed by atoms with van der Waals surface area (Å²) in [6.07, 6.45) is 0. The number of nitrogens with zero attached hydrogens (tertiary/aromatic N) is 1. The van der Waals surface area contributed by atoms with Crippen molar-refractivity contribution in [1.29, 1.82) is 0 Å². The number of aromatic amines is 1. The van der Waals surface area contributed by atoms with Crippen LogP contribution in [-0.4, -0.2) is 15.2 Å². The van der Waals surface area contributed by atoms with Crippen molar-refractivity contribution in [3.8, 4) is 17.2 Å². The maximum Gasteiger partial charge on any atom is 0.377 e. The predicted octanol–water partition coefficient (Wildman–Crippen LogP) is 0.735. The molecule has 0 radical (unpaired) electrons. The molecule has 0 unspecified atom stereocenters. The molecule has 0 aliphatic carbocycles. The second-order valence-electron chi connectivity index (χ2n) is 2.44. The molecule has 0 saturated carbocycles. The second-order valence-corrected chi connectivity index (χ2v) is 2.44. The molecule has 0 saturated heterocycles. The van der Waals surface area contributed by atoms with Gasteiger partial charge < -0.3 is 9.63 Å². The standard InChI is InChI=1S/C8H6N2O3/c11-6-4-2-1-3-5(6)7-9-8(12)10-13-7/h1-4,11H,(H,10,12). The van der Waals surface area contributed by atoms with E-state index in [0.29, 0.717) is 5.56 Å². The van der Waals surface area contributed by atoms with Crippen LogP contribution in [0.15, 0.2) is 33.6 Å². The molecule has 2 N–H and O–H groups in total. The number of phenolic OH excluding ortho intramolecular Hbond substituents is 1. The van der Waals surface area contributed by atoms with Gasteiger partial charge in [-0.25, -0.2) is 4.79 Å². The van der Waals surface area contributed by atoms with Crippen LogP contribution in [0.4, 0.5) is 0 Å². The zero-order valence-electron chi connectivity index (χ0n) is 6.52. The van der Waals surface area contributed by atoms with Crippen molar-refractivity contribution in [2.45, 2.75) is 0 Å². The van der Waals surface area contributed by atoms with E-state index in [0.717, 1.165) is 0 Å². The van der Waals surface area contributed by atoms with Gasteiger partial charge in [0, 0.05) is 0 Å². The van der Waals surface area contributed by atoms with Crippen LogP contribution in [0.5, 0.6) is 5.75 Å². The molecule has 0 spiro atoms. The summed E-state index contributed by atoms with van der Waals surface area (Å²) in [7, 11) is 0. The Balaban J connectivity index is 2.58. The van der Waals surface area contributed by atoms with Crippen molar-refractivity contribution >= 4 is 0 Å². The van der Waals surface area contributed by atoms with E-state index in [-0.39, 0.29) is 11.6 Å². The Morgan fingerprint density at radius 3 is 2.77 bits per heavy atom. The minimum absolute atomic E-state index is 0.0257. The highest BCUT2D eigenvalue weighted by molar-refractivity contribution is 5.61. The quantitative estimate of drug-likeness (QED) is 0.674. The maximum atomic E-state index is 10.6. The molecule has 0 aliphatic heterocycles. The fourth-order valence-corrected chi connectivity index (χ4v) is 1.000. The van der Waals surface area contributed by atoms with Gasteiger partial charge in [-0.05, 0) is 12.1 Å². The third kappa shape index (κ3) is 1.31. The summed E-state index contributed by atoms with van der Waals surface area (Å²) in [5.41, 5.74) is -0.181. The highest BCUT2D eigenvalue weighted by Crippen LogP contribution is 2.25. The molecule has 0 bridgehead atoms. The number of aromatic hydroxyl groups is 1. The van der Waals surface area contributed by atoms with E-state index in [1.807, 2.05) is 5.16 Å². The molecule has 0 atom stereocenters. The van der Waals surface area contributed by atoms with Crippen LogP contribution in [0.2, 0.25) is 0 Å². The first-order valence-electron chi connectivity index (χ1n) is 3.61. The average molecular weight is 178 g/mol. The molecule has 66 valence electrons. The van der Waals surface area contributed by atoms with Crippen molar-refractivity contribution in [1.82, 2.24) is 10.1 Å². The number of hydrogen-bond acceptors (Lipinski definition) is 4. The number of H-pyrrole nitrogens is 1. The first-order valence-corrected chi connectivity index (χ1v) is 3.61. The van der Waals surface area contributed by atoms with Gasteiger partial charge in [-0.3, -0.25) is 0 Å². The van der Waals surface area contributed by atoms with E-state index in [2.05, 4.69) is 4.98 Å². The number of benzene rings is 1. The molecule has 0 aliphatic rings. The Bertz CT molecular complexity index is 472. The summed E-state index contributed by atoms with van der Waals surface area (Å²) in [6.45, 7) is 0. The maximum absolute atomic E-state index is 10.6.